The Morgan fingerprint density at radius 1 is 1.43 bits per heavy atom. The number of hydrogen-bond acceptors (Lipinski definition) is 3. The Morgan fingerprint density at radius 2 is 1.43 bits per heavy atom. The molecule has 0 fully saturated rings. The molecule has 0 radical (unpaired) electrons. The molecule has 0 rings (SSSR count). The molecule has 0 bridgehead atoms. The van der Waals surface area contributed by atoms with Crippen LogP contribution < -0.4 is 0 Å². The second-order valence-electron chi connectivity index (χ2n) is 0.733. The fourth-order valence-corrected chi connectivity index (χ4v) is 0. The molecule has 0 unspecified atom stereocenters. The standard InChI is InChI=1S/CH4O3S.CH2O/c1-5(2,3)4;1-2/h1H3,(H,2,3,4);1H2. The van der Waals surface area contributed by atoms with E-state index in [1.54, 1.807) is 0 Å². The largest absolute Gasteiger partial charge is 0.307 e. The first kappa shape index (κ1) is 9.77. The smallest absolute Gasteiger partial charge is 0.261 e. The van der Waals surface area contributed by atoms with E-state index in [-0.39, 0.29) is 0 Å². The molecule has 0 aromatic rings. The van der Waals surface area contributed by atoms with Gasteiger partial charge < -0.3 is 4.79 Å². The first-order valence-electron chi connectivity index (χ1n) is 1.21. The zero-order chi connectivity index (χ0) is 6.50. The van der Waals surface area contributed by atoms with Gasteiger partial charge in [0.15, 0.2) is 0 Å². The van der Waals surface area contributed by atoms with Crippen molar-refractivity contribution in [3.8, 4) is 0 Å². The van der Waals surface area contributed by atoms with Crippen molar-refractivity contribution >= 4 is 16.9 Å². The summed E-state index contributed by atoms with van der Waals surface area (Å²) in [7, 11) is -3.67. The summed E-state index contributed by atoms with van der Waals surface area (Å²) in [5.41, 5.74) is 0. The lowest BCUT2D eigenvalue weighted by molar-refractivity contribution is -0.0979. The summed E-state index contributed by atoms with van der Waals surface area (Å²) >= 11 is 0. The van der Waals surface area contributed by atoms with Gasteiger partial charge >= 0.3 is 0 Å². The SMILES string of the molecule is C=O.CS(=O)(=O)O. The van der Waals surface area contributed by atoms with Crippen LogP contribution in [0.4, 0.5) is 0 Å². The molecule has 0 aromatic carbocycles. The monoisotopic (exact) mass is 126 g/mol. The Labute approximate surface area is 41.9 Å². The van der Waals surface area contributed by atoms with Crippen LogP contribution in [0, 0.1) is 0 Å². The molecule has 0 saturated heterocycles. The zero-order valence-corrected chi connectivity index (χ0v) is 4.60. The normalized spacial score (nSPS) is 8.86. The summed E-state index contributed by atoms with van der Waals surface area (Å²) in [6.45, 7) is 2.00. The van der Waals surface area contributed by atoms with E-state index < -0.39 is 10.1 Å². The van der Waals surface area contributed by atoms with Crippen LogP contribution >= 0.6 is 0 Å². The molecule has 0 atom stereocenters. The van der Waals surface area contributed by atoms with Gasteiger partial charge in [-0.05, 0) is 0 Å². The predicted octanol–water partition coefficient (Wildman–Crippen LogP) is -0.681. The maximum atomic E-state index is 9.19. The summed E-state index contributed by atoms with van der Waals surface area (Å²) in [6.07, 6.45) is 0.715. The molecular formula is C2H6O4S. The van der Waals surface area contributed by atoms with Crippen LogP contribution in [0.3, 0.4) is 0 Å². The summed E-state index contributed by atoms with van der Waals surface area (Å²) in [5.74, 6) is 0. The van der Waals surface area contributed by atoms with Crippen LogP contribution in [0.5, 0.6) is 0 Å². The maximum Gasteiger partial charge on any atom is 0.261 e. The minimum Gasteiger partial charge on any atom is -0.307 e. The molecular weight excluding hydrogens is 120 g/mol. The number of rotatable bonds is 0. The van der Waals surface area contributed by atoms with Gasteiger partial charge in [0.25, 0.3) is 10.1 Å². The molecule has 7 heavy (non-hydrogen) atoms. The summed E-state index contributed by atoms with van der Waals surface area (Å²) in [4.78, 5) is 8.00. The number of hydrogen-bond donors (Lipinski definition) is 1. The third kappa shape index (κ3) is 405. The average molecular weight is 126 g/mol. The second-order valence-corrected chi connectivity index (χ2v) is 2.20. The Kier molecular flexibility index (Phi) is 5.25. The van der Waals surface area contributed by atoms with E-state index in [9.17, 15) is 8.42 Å². The van der Waals surface area contributed by atoms with Gasteiger partial charge in [-0.2, -0.15) is 8.42 Å². The highest BCUT2D eigenvalue weighted by Gasteiger charge is 1.81. The Hall–Kier alpha value is -0.420. The van der Waals surface area contributed by atoms with Crippen molar-refractivity contribution in [2.45, 2.75) is 0 Å². The quantitative estimate of drug-likeness (QED) is 0.436. The van der Waals surface area contributed by atoms with E-state index in [0.717, 1.165) is 0 Å². The van der Waals surface area contributed by atoms with Gasteiger partial charge in [0, 0.05) is 0 Å². The fourth-order valence-electron chi connectivity index (χ4n) is 0. The predicted molar refractivity (Wildman–Crippen MR) is 24.6 cm³/mol. The van der Waals surface area contributed by atoms with E-state index in [1.165, 1.54) is 0 Å². The van der Waals surface area contributed by atoms with Gasteiger partial charge in [0.2, 0.25) is 0 Å². The summed E-state index contributed by atoms with van der Waals surface area (Å²) in [6, 6.07) is 0. The van der Waals surface area contributed by atoms with Crippen molar-refractivity contribution in [2.75, 3.05) is 6.26 Å². The van der Waals surface area contributed by atoms with Crippen LogP contribution in [0.2, 0.25) is 0 Å². The molecule has 0 saturated carbocycles. The van der Waals surface area contributed by atoms with E-state index in [2.05, 4.69) is 0 Å². The molecule has 0 amide bonds. The van der Waals surface area contributed by atoms with Gasteiger partial charge in [-0.15, -0.1) is 0 Å². The number of carbonyl (C=O) groups is 1. The van der Waals surface area contributed by atoms with Gasteiger partial charge in [-0.1, -0.05) is 0 Å². The third-order valence-electron chi connectivity index (χ3n) is 0. The molecule has 0 heterocycles. The first-order valence-corrected chi connectivity index (χ1v) is 3.06. The van der Waals surface area contributed by atoms with Crippen LogP contribution in [0.25, 0.3) is 0 Å². The molecule has 5 heteroatoms. The highest BCUT2D eigenvalue weighted by Crippen LogP contribution is 1.60. The molecule has 4 nitrogen and oxygen atoms in total. The lowest BCUT2D eigenvalue weighted by Gasteiger charge is -1.69. The van der Waals surface area contributed by atoms with Crippen molar-refractivity contribution in [1.82, 2.24) is 0 Å². The minimum absolute atomic E-state index is 0.715. The molecule has 44 valence electrons. The van der Waals surface area contributed by atoms with Crippen molar-refractivity contribution < 1.29 is 17.8 Å². The van der Waals surface area contributed by atoms with Crippen LogP contribution in [-0.2, 0) is 14.9 Å². The van der Waals surface area contributed by atoms with Crippen LogP contribution in [0.15, 0.2) is 0 Å². The minimum atomic E-state index is -3.67. The first-order chi connectivity index (χ1) is 3.00. The maximum absolute atomic E-state index is 9.19. The zero-order valence-electron chi connectivity index (χ0n) is 3.79. The van der Waals surface area contributed by atoms with Gasteiger partial charge in [-0.3, -0.25) is 4.55 Å². The lowest BCUT2D eigenvalue weighted by atomic mass is 11.9. The number of carbonyl (C=O) groups excluding carboxylic acids is 1. The highest BCUT2D eigenvalue weighted by atomic mass is 32.2. The van der Waals surface area contributed by atoms with Gasteiger partial charge in [0.05, 0.1) is 6.26 Å². The molecule has 0 aliphatic heterocycles. The van der Waals surface area contributed by atoms with E-state index in [0.29, 0.717) is 6.26 Å². The molecule has 0 aromatic heterocycles. The summed E-state index contributed by atoms with van der Waals surface area (Å²) in [5, 5.41) is 0. The van der Waals surface area contributed by atoms with Crippen molar-refractivity contribution in [3.05, 3.63) is 0 Å². The molecule has 0 aliphatic carbocycles. The molecule has 1 N–H and O–H groups in total. The lowest BCUT2D eigenvalue weighted by Crippen LogP contribution is -1.88. The summed E-state index contributed by atoms with van der Waals surface area (Å²) < 4.78 is 25.9. The Balaban J connectivity index is 0. The van der Waals surface area contributed by atoms with Crippen LogP contribution in [0.1, 0.15) is 0 Å². The van der Waals surface area contributed by atoms with E-state index in [4.69, 9.17) is 9.35 Å². The van der Waals surface area contributed by atoms with Gasteiger partial charge in [-0.25, -0.2) is 0 Å². The fraction of sp³-hybridized carbons (Fsp3) is 0.500. The van der Waals surface area contributed by atoms with E-state index >= 15 is 0 Å². The van der Waals surface area contributed by atoms with E-state index in [1.807, 2.05) is 6.79 Å². The van der Waals surface area contributed by atoms with Gasteiger partial charge in [0.1, 0.15) is 6.79 Å². The topological polar surface area (TPSA) is 71.4 Å². The second kappa shape index (κ2) is 3.76. The third-order valence-corrected chi connectivity index (χ3v) is 0. The Morgan fingerprint density at radius 3 is 1.43 bits per heavy atom. The average Bonchev–Trinajstić information content (AvgIpc) is 1.36. The molecule has 0 aliphatic rings. The van der Waals surface area contributed by atoms with Crippen molar-refractivity contribution in [3.63, 3.8) is 0 Å². The van der Waals surface area contributed by atoms with Crippen molar-refractivity contribution in [1.29, 1.82) is 0 Å². The van der Waals surface area contributed by atoms with Crippen LogP contribution in [-0.4, -0.2) is 26.0 Å². The highest BCUT2D eigenvalue weighted by molar-refractivity contribution is 7.85. The Bertz CT molecular complexity index is 104. The van der Waals surface area contributed by atoms with Crippen molar-refractivity contribution in [2.24, 2.45) is 0 Å². The molecule has 0 spiro atoms.